The van der Waals surface area contributed by atoms with E-state index in [1.807, 2.05) is 31.2 Å². The number of ether oxygens (including phenoxy) is 2. The number of benzene rings is 1. The molecule has 1 fully saturated rings. The van der Waals surface area contributed by atoms with Crippen LogP contribution in [0.3, 0.4) is 0 Å². The van der Waals surface area contributed by atoms with Crippen LogP contribution in [-0.4, -0.2) is 41.4 Å². The molecule has 0 saturated carbocycles. The van der Waals surface area contributed by atoms with Gasteiger partial charge in [0.15, 0.2) is 0 Å². The molecule has 5 nitrogen and oxygen atoms in total. The Morgan fingerprint density at radius 1 is 1.32 bits per heavy atom. The molecule has 1 heterocycles. The molecule has 0 radical (unpaired) electrons. The van der Waals surface area contributed by atoms with Crippen LogP contribution in [0.15, 0.2) is 29.2 Å². The predicted molar refractivity (Wildman–Crippen MR) is 103 cm³/mol. The third-order valence-corrected chi connectivity index (χ3v) is 4.97. The van der Waals surface area contributed by atoms with Gasteiger partial charge in [-0.15, -0.1) is 0 Å². The number of hydrogen-bond acceptors (Lipinski definition) is 6. The van der Waals surface area contributed by atoms with Crippen molar-refractivity contribution >= 4 is 46.3 Å². The number of thiocarbonyl (C=S) groups is 1. The highest BCUT2D eigenvalue weighted by Gasteiger charge is 2.32. The van der Waals surface area contributed by atoms with Gasteiger partial charge >= 0.3 is 5.97 Å². The van der Waals surface area contributed by atoms with E-state index >= 15 is 0 Å². The minimum absolute atomic E-state index is 0.145. The van der Waals surface area contributed by atoms with Crippen molar-refractivity contribution in [3.05, 3.63) is 34.7 Å². The number of nitrogens with zero attached hydrogens (tertiary/aromatic N) is 1. The Morgan fingerprint density at radius 3 is 2.68 bits per heavy atom. The first-order chi connectivity index (χ1) is 12.0. The second-order valence-electron chi connectivity index (χ2n) is 5.43. The highest BCUT2D eigenvalue weighted by molar-refractivity contribution is 8.26. The summed E-state index contributed by atoms with van der Waals surface area (Å²) in [7, 11) is 1.60. The number of rotatable bonds is 8. The second kappa shape index (κ2) is 9.58. The number of unbranched alkanes of at least 4 members (excludes halogenated alkanes) is 1. The molecule has 0 aliphatic carbocycles. The third-order valence-electron chi connectivity index (χ3n) is 3.59. The Morgan fingerprint density at radius 2 is 2.04 bits per heavy atom. The van der Waals surface area contributed by atoms with Crippen molar-refractivity contribution in [3.8, 4) is 5.75 Å². The third kappa shape index (κ3) is 5.57. The standard InChI is InChI=1S/C18H21NO4S2/c1-3-4-11-23-16(20)9-10-19-17(21)15(25-18(19)24)12-13-5-7-14(22-2)8-6-13/h5-8,12H,3-4,9-11H2,1-2H3. The Bertz CT molecular complexity index is 670. The first-order valence-corrected chi connectivity index (χ1v) is 9.32. The van der Waals surface area contributed by atoms with Gasteiger partial charge in [-0.3, -0.25) is 14.5 Å². The van der Waals surface area contributed by atoms with Crippen molar-refractivity contribution in [2.45, 2.75) is 26.2 Å². The van der Waals surface area contributed by atoms with Gasteiger partial charge in [0, 0.05) is 6.54 Å². The van der Waals surface area contributed by atoms with Crippen molar-refractivity contribution in [1.82, 2.24) is 4.90 Å². The van der Waals surface area contributed by atoms with E-state index < -0.39 is 0 Å². The maximum atomic E-state index is 12.5. The smallest absolute Gasteiger partial charge is 0.307 e. The van der Waals surface area contributed by atoms with Gasteiger partial charge in [0.05, 0.1) is 25.0 Å². The fraction of sp³-hybridized carbons (Fsp3) is 0.389. The van der Waals surface area contributed by atoms with E-state index in [1.165, 1.54) is 16.7 Å². The normalized spacial score (nSPS) is 15.8. The quantitative estimate of drug-likeness (QED) is 0.298. The van der Waals surface area contributed by atoms with Crippen LogP contribution in [0.25, 0.3) is 6.08 Å². The van der Waals surface area contributed by atoms with Crippen molar-refractivity contribution in [3.63, 3.8) is 0 Å². The van der Waals surface area contributed by atoms with E-state index in [0.29, 0.717) is 15.8 Å². The van der Waals surface area contributed by atoms with Crippen LogP contribution in [-0.2, 0) is 14.3 Å². The maximum absolute atomic E-state index is 12.5. The molecule has 0 atom stereocenters. The van der Waals surface area contributed by atoms with Gasteiger partial charge in [0.25, 0.3) is 5.91 Å². The van der Waals surface area contributed by atoms with Crippen LogP contribution in [0.4, 0.5) is 0 Å². The molecule has 0 aromatic heterocycles. The van der Waals surface area contributed by atoms with Crippen molar-refractivity contribution < 1.29 is 19.1 Å². The summed E-state index contributed by atoms with van der Waals surface area (Å²) in [6.07, 6.45) is 3.75. The minimum atomic E-state index is -0.304. The molecule has 134 valence electrons. The van der Waals surface area contributed by atoms with E-state index in [4.69, 9.17) is 21.7 Å². The summed E-state index contributed by atoms with van der Waals surface area (Å²) in [5.74, 6) is 0.278. The van der Waals surface area contributed by atoms with E-state index in [1.54, 1.807) is 13.2 Å². The lowest BCUT2D eigenvalue weighted by atomic mass is 10.2. The number of carbonyl (C=O) groups is 2. The fourth-order valence-electron chi connectivity index (χ4n) is 2.15. The van der Waals surface area contributed by atoms with E-state index in [9.17, 15) is 9.59 Å². The van der Waals surface area contributed by atoms with Crippen LogP contribution in [0.2, 0.25) is 0 Å². The lowest BCUT2D eigenvalue weighted by molar-refractivity contribution is -0.144. The molecule has 7 heteroatoms. The number of thioether (sulfide) groups is 1. The average Bonchev–Trinajstić information content (AvgIpc) is 2.87. The molecular formula is C18H21NO4S2. The van der Waals surface area contributed by atoms with Crippen molar-refractivity contribution in [2.24, 2.45) is 0 Å². The summed E-state index contributed by atoms with van der Waals surface area (Å²) in [4.78, 5) is 26.2. The highest BCUT2D eigenvalue weighted by Crippen LogP contribution is 2.32. The average molecular weight is 380 g/mol. The fourth-order valence-corrected chi connectivity index (χ4v) is 3.46. The van der Waals surface area contributed by atoms with E-state index in [0.717, 1.165) is 24.2 Å². The van der Waals surface area contributed by atoms with Crippen molar-refractivity contribution in [2.75, 3.05) is 20.3 Å². The molecule has 25 heavy (non-hydrogen) atoms. The van der Waals surface area contributed by atoms with Gasteiger partial charge in [-0.05, 0) is 30.2 Å². The number of carbonyl (C=O) groups excluding carboxylic acids is 2. The summed E-state index contributed by atoms with van der Waals surface area (Å²) in [5.41, 5.74) is 0.889. The molecule has 1 aliphatic rings. The molecule has 0 spiro atoms. The zero-order valence-corrected chi connectivity index (χ0v) is 16.0. The summed E-state index contributed by atoms with van der Waals surface area (Å²) < 4.78 is 10.7. The summed E-state index contributed by atoms with van der Waals surface area (Å²) in [5, 5.41) is 0. The van der Waals surface area contributed by atoms with Crippen LogP contribution < -0.4 is 4.74 Å². The molecule has 1 aromatic carbocycles. The van der Waals surface area contributed by atoms with E-state index in [2.05, 4.69) is 0 Å². The zero-order chi connectivity index (χ0) is 18.2. The minimum Gasteiger partial charge on any atom is -0.497 e. The summed E-state index contributed by atoms with van der Waals surface area (Å²) in [6.45, 7) is 2.70. The molecular weight excluding hydrogens is 358 g/mol. The van der Waals surface area contributed by atoms with Gasteiger partial charge in [0.1, 0.15) is 10.1 Å². The Balaban J connectivity index is 1.94. The van der Waals surface area contributed by atoms with E-state index in [-0.39, 0.29) is 24.8 Å². The van der Waals surface area contributed by atoms with Crippen molar-refractivity contribution in [1.29, 1.82) is 0 Å². The molecule has 2 rings (SSSR count). The number of methoxy groups -OCH3 is 1. The number of amides is 1. The first kappa shape index (κ1) is 19.5. The highest BCUT2D eigenvalue weighted by atomic mass is 32.2. The zero-order valence-electron chi connectivity index (χ0n) is 14.3. The van der Waals surface area contributed by atoms with Gasteiger partial charge in [-0.25, -0.2) is 0 Å². The molecule has 0 bridgehead atoms. The predicted octanol–water partition coefficient (Wildman–Crippen LogP) is 3.63. The molecule has 1 aliphatic heterocycles. The Labute approximate surface area is 157 Å². The molecule has 1 amide bonds. The monoisotopic (exact) mass is 379 g/mol. The molecule has 1 saturated heterocycles. The van der Waals surface area contributed by atoms with Gasteiger partial charge in [-0.2, -0.15) is 0 Å². The SMILES string of the molecule is CCCCOC(=O)CCN1C(=O)C(=Cc2ccc(OC)cc2)SC1=S. The van der Waals surface area contributed by atoms with Gasteiger partial charge in [0.2, 0.25) is 0 Å². The van der Waals surface area contributed by atoms with Crippen LogP contribution in [0.1, 0.15) is 31.7 Å². The lowest BCUT2D eigenvalue weighted by Crippen LogP contribution is -2.30. The molecule has 1 aromatic rings. The summed E-state index contributed by atoms with van der Waals surface area (Å²) >= 11 is 6.51. The largest absolute Gasteiger partial charge is 0.497 e. The van der Waals surface area contributed by atoms with Crippen LogP contribution in [0, 0.1) is 0 Å². The van der Waals surface area contributed by atoms with Gasteiger partial charge < -0.3 is 9.47 Å². The summed E-state index contributed by atoms with van der Waals surface area (Å²) in [6, 6.07) is 7.41. The first-order valence-electron chi connectivity index (χ1n) is 8.10. The maximum Gasteiger partial charge on any atom is 0.307 e. The van der Waals surface area contributed by atoms with Crippen LogP contribution in [0.5, 0.6) is 5.75 Å². The second-order valence-corrected chi connectivity index (χ2v) is 7.11. The topological polar surface area (TPSA) is 55.8 Å². The number of esters is 1. The number of hydrogen-bond donors (Lipinski definition) is 0. The Hall–Kier alpha value is -1.86. The van der Waals surface area contributed by atoms with Gasteiger partial charge in [-0.1, -0.05) is 49.5 Å². The Kier molecular flexibility index (Phi) is 7.46. The van der Waals surface area contributed by atoms with Crippen LogP contribution >= 0.6 is 24.0 Å². The molecule has 0 unspecified atom stereocenters. The molecule has 0 N–H and O–H groups in total. The lowest BCUT2D eigenvalue weighted by Gasteiger charge is -2.13.